The third-order valence-corrected chi connectivity index (χ3v) is 5.31. The van der Waals surface area contributed by atoms with Gasteiger partial charge in [-0.15, -0.1) is 11.3 Å². The SMILES string of the molecule is CC(C)C[C@H](NS(=O)(=O)c1ccc(Cl)s1)C(=O)O. The Bertz CT molecular complexity index is 524. The van der Waals surface area contributed by atoms with Gasteiger partial charge < -0.3 is 5.11 Å². The third kappa shape index (κ3) is 4.24. The van der Waals surface area contributed by atoms with Gasteiger partial charge in [-0.25, -0.2) is 8.42 Å². The zero-order valence-corrected chi connectivity index (χ0v) is 12.3. The van der Waals surface area contributed by atoms with E-state index in [9.17, 15) is 13.2 Å². The van der Waals surface area contributed by atoms with Crippen LogP contribution in [0.4, 0.5) is 0 Å². The molecule has 0 aliphatic rings. The van der Waals surface area contributed by atoms with E-state index in [-0.39, 0.29) is 16.5 Å². The Labute approximate surface area is 115 Å². The van der Waals surface area contributed by atoms with Crippen molar-refractivity contribution in [3.05, 3.63) is 16.5 Å². The molecule has 0 saturated heterocycles. The summed E-state index contributed by atoms with van der Waals surface area (Å²) in [4.78, 5) is 11.0. The Morgan fingerprint density at radius 1 is 1.50 bits per heavy atom. The van der Waals surface area contributed by atoms with Gasteiger partial charge in [-0.05, 0) is 24.5 Å². The van der Waals surface area contributed by atoms with Crippen LogP contribution < -0.4 is 4.72 Å². The second-order valence-corrected chi connectivity index (χ2v) is 7.86. The summed E-state index contributed by atoms with van der Waals surface area (Å²) in [5, 5.41) is 8.99. The molecular formula is C10H14ClNO4S2. The topological polar surface area (TPSA) is 83.5 Å². The van der Waals surface area contributed by atoms with Gasteiger partial charge in [0.15, 0.2) is 0 Å². The third-order valence-electron chi connectivity index (χ3n) is 2.12. The van der Waals surface area contributed by atoms with Crippen molar-refractivity contribution in [3.8, 4) is 0 Å². The van der Waals surface area contributed by atoms with E-state index in [1.807, 2.05) is 13.8 Å². The fraction of sp³-hybridized carbons (Fsp3) is 0.500. The molecule has 5 nitrogen and oxygen atoms in total. The van der Waals surface area contributed by atoms with Crippen LogP contribution in [0, 0.1) is 5.92 Å². The van der Waals surface area contributed by atoms with E-state index in [2.05, 4.69) is 4.72 Å². The Hall–Kier alpha value is -0.630. The molecule has 1 heterocycles. The van der Waals surface area contributed by atoms with E-state index in [1.165, 1.54) is 12.1 Å². The van der Waals surface area contributed by atoms with E-state index in [1.54, 1.807) is 0 Å². The molecule has 0 radical (unpaired) electrons. The van der Waals surface area contributed by atoms with Gasteiger partial charge in [-0.2, -0.15) is 4.72 Å². The highest BCUT2D eigenvalue weighted by molar-refractivity contribution is 7.91. The van der Waals surface area contributed by atoms with Gasteiger partial charge >= 0.3 is 5.97 Å². The van der Waals surface area contributed by atoms with Crippen molar-refractivity contribution in [2.24, 2.45) is 5.92 Å². The summed E-state index contributed by atoms with van der Waals surface area (Å²) < 4.78 is 26.4. The van der Waals surface area contributed by atoms with Gasteiger partial charge in [0.2, 0.25) is 0 Å². The van der Waals surface area contributed by atoms with E-state index in [0.717, 1.165) is 11.3 Å². The molecule has 0 bridgehead atoms. The lowest BCUT2D eigenvalue weighted by molar-refractivity contribution is -0.139. The average Bonchev–Trinajstić information content (AvgIpc) is 2.63. The van der Waals surface area contributed by atoms with Crippen molar-refractivity contribution >= 4 is 38.9 Å². The second-order valence-electron chi connectivity index (χ2n) is 4.20. The predicted octanol–water partition coefficient (Wildman–Crippen LogP) is 2.18. The lowest BCUT2D eigenvalue weighted by atomic mass is 10.1. The van der Waals surface area contributed by atoms with Crippen molar-refractivity contribution in [2.75, 3.05) is 0 Å². The van der Waals surface area contributed by atoms with Crippen LogP contribution in [0.15, 0.2) is 16.3 Å². The first-order chi connectivity index (χ1) is 8.22. The number of carbonyl (C=O) groups is 1. The second kappa shape index (κ2) is 6.01. The van der Waals surface area contributed by atoms with Crippen LogP contribution in [0.3, 0.4) is 0 Å². The van der Waals surface area contributed by atoms with Crippen LogP contribution in [-0.4, -0.2) is 25.5 Å². The maximum Gasteiger partial charge on any atom is 0.321 e. The number of hydrogen-bond acceptors (Lipinski definition) is 4. The lowest BCUT2D eigenvalue weighted by Crippen LogP contribution is -2.41. The Kier molecular flexibility index (Phi) is 5.15. The summed E-state index contributed by atoms with van der Waals surface area (Å²) in [7, 11) is -3.83. The molecule has 1 aromatic rings. The number of halogens is 1. The molecule has 18 heavy (non-hydrogen) atoms. The van der Waals surface area contributed by atoms with Crippen molar-refractivity contribution in [3.63, 3.8) is 0 Å². The summed E-state index contributed by atoms with van der Waals surface area (Å²) in [5.74, 6) is -1.12. The maximum atomic E-state index is 11.9. The Morgan fingerprint density at radius 2 is 2.11 bits per heavy atom. The summed E-state index contributed by atoms with van der Waals surface area (Å²) in [6, 6.07) is 1.68. The van der Waals surface area contributed by atoms with Crippen molar-refractivity contribution in [1.82, 2.24) is 4.72 Å². The fourth-order valence-corrected chi connectivity index (χ4v) is 4.06. The van der Waals surface area contributed by atoms with Gasteiger partial charge in [0.25, 0.3) is 10.0 Å². The smallest absolute Gasteiger partial charge is 0.321 e. The number of hydrogen-bond donors (Lipinski definition) is 2. The molecule has 0 aromatic carbocycles. The standard InChI is InChI=1S/C10H14ClNO4S2/c1-6(2)5-7(10(13)14)12-18(15,16)9-4-3-8(11)17-9/h3-4,6-7,12H,5H2,1-2H3,(H,13,14)/t7-/m0/s1. The largest absolute Gasteiger partial charge is 0.480 e. The molecule has 0 aliphatic carbocycles. The molecular weight excluding hydrogens is 298 g/mol. The minimum Gasteiger partial charge on any atom is -0.480 e. The molecule has 1 atom stereocenters. The first kappa shape index (κ1) is 15.4. The number of thiophene rings is 1. The highest BCUT2D eigenvalue weighted by atomic mass is 35.5. The monoisotopic (exact) mass is 311 g/mol. The van der Waals surface area contributed by atoms with Crippen molar-refractivity contribution < 1.29 is 18.3 Å². The molecule has 0 unspecified atom stereocenters. The number of nitrogens with one attached hydrogen (secondary N) is 1. The van der Waals surface area contributed by atoms with Crippen molar-refractivity contribution in [1.29, 1.82) is 0 Å². The minimum absolute atomic E-state index is 0.0162. The van der Waals surface area contributed by atoms with Gasteiger partial charge in [0.05, 0.1) is 4.34 Å². The highest BCUT2D eigenvalue weighted by Crippen LogP contribution is 2.25. The molecule has 0 spiro atoms. The number of carboxylic acids is 1. The van der Waals surface area contributed by atoms with Crippen LogP contribution in [0.2, 0.25) is 4.34 Å². The Morgan fingerprint density at radius 3 is 2.50 bits per heavy atom. The minimum atomic E-state index is -3.83. The van der Waals surface area contributed by atoms with Crippen LogP contribution >= 0.6 is 22.9 Å². The van der Waals surface area contributed by atoms with Gasteiger partial charge in [0.1, 0.15) is 10.3 Å². The number of sulfonamides is 1. The molecule has 0 saturated carbocycles. The molecule has 0 fully saturated rings. The first-order valence-corrected chi connectivity index (χ1v) is 7.90. The van der Waals surface area contributed by atoms with E-state index in [4.69, 9.17) is 16.7 Å². The lowest BCUT2D eigenvalue weighted by Gasteiger charge is -2.15. The van der Waals surface area contributed by atoms with Crippen LogP contribution in [-0.2, 0) is 14.8 Å². The van der Waals surface area contributed by atoms with E-state index in [0.29, 0.717) is 4.34 Å². The van der Waals surface area contributed by atoms with Crippen LogP contribution in [0.1, 0.15) is 20.3 Å². The fourth-order valence-electron chi connectivity index (χ4n) is 1.36. The summed E-state index contributed by atoms with van der Waals surface area (Å²) in [5.41, 5.74) is 0. The average molecular weight is 312 g/mol. The molecule has 0 amide bonds. The quantitative estimate of drug-likeness (QED) is 0.843. The zero-order chi connectivity index (χ0) is 13.9. The number of aliphatic carboxylic acids is 1. The van der Waals surface area contributed by atoms with E-state index >= 15 is 0 Å². The van der Waals surface area contributed by atoms with Gasteiger partial charge in [-0.3, -0.25) is 4.79 Å². The summed E-state index contributed by atoms with van der Waals surface area (Å²) in [6.45, 7) is 3.65. The molecule has 0 aliphatic heterocycles. The Balaban J connectivity index is 2.89. The van der Waals surface area contributed by atoms with Gasteiger partial charge in [-0.1, -0.05) is 25.4 Å². The van der Waals surface area contributed by atoms with Gasteiger partial charge in [0, 0.05) is 0 Å². The molecule has 1 aromatic heterocycles. The van der Waals surface area contributed by atoms with Crippen LogP contribution in [0.5, 0.6) is 0 Å². The normalized spacial score (nSPS) is 13.8. The first-order valence-electron chi connectivity index (χ1n) is 5.23. The number of rotatable bonds is 6. The molecule has 1 rings (SSSR count). The molecule has 102 valence electrons. The molecule has 8 heteroatoms. The highest BCUT2D eigenvalue weighted by Gasteiger charge is 2.26. The summed E-state index contributed by atoms with van der Waals surface area (Å²) >= 11 is 6.55. The summed E-state index contributed by atoms with van der Waals surface area (Å²) in [6.07, 6.45) is 0.230. The molecule has 2 N–H and O–H groups in total. The predicted molar refractivity (Wildman–Crippen MR) is 70.5 cm³/mol. The van der Waals surface area contributed by atoms with E-state index < -0.39 is 22.0 Å². The zero-order valence-electron chi connectivity index (χ0n) is 9.88. The van der Waals surface area contributed by atoms with Crippen LogP contribution in [0.25, 0.3) is 0 Å². The maximum absolute atomic E-state index is 11.9. The number of carboxylic acid groups (broad SMARTS) is 1. The van der Waals surface area contributed by atoms with Crippen molar-refractivity contribution in [2.45, 2.75) is 30.5 Å².